The lowest BCUT2D eigenvalue weighted by molar-refractivity contribution is 0.168. The molecule has 1 aromatic carbocycles. The molecular weight excluding hydrogens is 252 g/mol. The van der Waals surface area contributed by atoms with Crippen LogP contribution in [0.3, 0.4) is 0 Å². The van der Waals surface area contributed by atoms with Crippen LogP contribution in [0.1, 0.15) is 39.5 Å². The van der Waals surface area contributed by atoms with E-state index in [9.17, 15) is 4.79 Å². The lowest BCUT2D eigenvalue weighted by atomic mass is 9.99. The molecule has 1 fully saturated rings. The highest BCUT2D eigenvalue weighted by Gasteiger charge is 2.21. The Balaban J connectivity index is 1.86. The zero-order valence-corrected chi connectivity index (χ0v) is 12.3. The molecule has 1 amide bonds. The zero-order chi connectivity index (χ0) is 14.4. The Bertz CT molecular complexity index is 425. The third-order valence-electron chi connectivity index (χ3n) is 3.91. The highest BCUT2D eigenvalue weighted by Crippen LogP contribution is 2.29. The van der Waals surface area contributed by atoms with E-state index in [2.05, 4.69) is 17.6 Å². The quantitative estimate of drug-likeness (QED) is 0.845. The largest absolute Gasteiger partial charge is 0.450 e. The molecule has 110 valence electrons. The van der Waals surface area contributed by atoms with Crippen molar-refractivity contribution in [2.24, 2.45) is 5.92 Å². The van der Waals surface area contributed by atoms with Gasteiger partial charge in [-0.15, -0.1) is 0 Å². The number of nitrogens with one attached hydrogen (secondary N) is 2. The van der Waals surface area contributed by atoms with Crippen molar-refractivity contribution in [3.8, 4) is 0 Å². The van der Waals surface area contributed by atoms with Crippen molar-refractivity contribution < 1.29 is 9.53 Å². The molecule has 0 saturated heterocycles. The van der Waals surface area contributed by atoms with E-state index in [4.69, 9.17) is 4.74 Å². The molecular formula is C16H24N2O2. The van der Waals surface area contributed by atoms with Gasteiger partial charge >= 0.3 is 6.09 Å². The summed E-state index contributed by atoms with van der Waals surface area (Å²) in [6.45, 7) is 4.42. The fourth-order valence-corrected chi connectivity index (χ4v) is 2.77. The van der Waals surface area contributed by atoms with Gasteiger partial charge in [-0.05, 0) is 56.9 Å². The Hall–Kier alpha value is -1.71. The predicted octanol–water partition coefficient (Wildman–Crippen LogP) is 4.25. The monoisotopic (exact) mass is 276 g/mol. The van der Waals surface area contributed by atoms with Gasteiger partial charge in [0.05, 0.1) is 6.61 Å². The molecule has 2 rings (SSSR count). The number of ether oxygens (including phenoxy) is 1. The number of hydrogen-bond acceptors (Lipinski definition) is 3. The van der Waals surface area contributed by atoms with Crippen molar-refractivity contribution in [2.45, 2.75) is 45.6 Å². The van der Waals surface area contributed by atoms with Gasteiger partial charge in [-0.3, -0.25) is 5.32 Å². The summed E-state index contributed by atoms with van der Waals surface area (Å²) in [5.74, 6) is 0.785. The minimum atomic E-state index is -0.410. The standard InChI is InChI=1S/C16H24N2O2/c1-3-20-16(19)18-15-10-8-14(9-11-15)17-12(2)13-6-4-5-7-13/h8-13,17H,3-7H2,1-2H3,(H,18,19). The Morgan fingerprint density at radius 3 is 2.45 bits per heavy atom. The van der Waals surface area contributed by atoms with E-state index in [-0.39, 0.29) is 0 Å². The zero-order valence-electron chi connectivity index (χ0n) is 12.3. The molecule has 1 unspecified atom stereocenters. The van der Waals surface area contributed by atoms with Crippen LogP contribution in [0.15, 0.2) is 24.3 Å². The Morgan fingerprint density at radius 1 is 1.25 bits per heavy atom. The van der Waals surface area contributed by atoms with Crippen LogP contribution >= 0.6 is 0 Å². The maximum absolute atomic E-state index is 11.3. The number of benzene rings is 1. The van der Waals surface area contributed by atoms with Gasteiger partial charge in [-0.1, -0.05) is 12.8 Å². The minimum Gasteiger partial charge on any atom is -0.450 e. The summed E-state index contributed by atoms with van der Waals surface area (Å²) in [5.41, 5.74) is 1.85. The molecule has 1 atom stereocenters. The first-order valence-electron chi connectivity index (χ1n) is 7.49. The molecule has 4 heteroatoms. The van der Waals surface area contributed by atoms with Crippen LogP contribution in [0, 0.1) is 5.92 Å². The molecule has 0 spiro atoms. The highest BCUT2D eigenvalue weighted by molar-refractivity contribution is 5.84. The van der Waals surface area contributed by atoms with E-state index in [1.807, 2.05) is 24.3 Å². The summed E-state index contributed by atoms with van der Waals surface area (Å²) in [7, 11) is 0. The third-order valence-corrected chi connectivity index (χ3v) is 3.91. The topological polar surface area (TPSA) is 50.4 Å². The van der Waals surface area contributed by atoms with Gasteiger partial charge in [0.2, 0.25) is 0 Å². The van der Waals surface area contributed by atoms with Crippen molar-refractivity contribution in [2.75, 3.05) is 17.2 Å². The smallest absolute Gasteiger partial charge is 0.411 e. The summed E-state index contributed by atoms with van der Waals surface area (Å²) in [4.78, 5) is 11.3. The lowest BCUT2D eigenvalue weighted by Crippen LogP contribution is -2.23. The van der Waals surface area contributed by atoms with Crippen molar-refractivity contribution in [1.82, 2.24) is 0 Å². The molecule has 2 N–H and O–H groups in total. The summed E-state index contributed by atoms with van der Waals surface area (Å²) in [6.07, 6.45) is 4.97. The fraction of sp³-hybridized carbons (Fsp3) is 0.562. The Labute approximate surface area is 120 Å². The molecule has 0 radical (unpaired) electrons. The van der Waals surface area contributed by atoms with E-state index >= 15 is 0 Å². The van der Waals surface area contributed by atoms with Gasteiger partial charge in [-0.2, -0.15) is 0 Å². The van der Waals surface area contributed by atoms with Crippen LogP contribution in [0.5, 0.6) is 0 Å². The van der Waals surface area contributed by atoms with Crippen LogP contribution < -0.4 is 10.6 Å². The molecule has 1 aromatic rings. The molecule has 0 aliphatic heterocycles. The van der Waals surface area contributed by atoms with Crippen LogP contribution in [0.2, 0.25) is 0 Å². The number of carbonyl (C=O) groups excluding carboxylic acids is 1. The van der Waals surface area contributed by atoms with Gasteiger partial charge < -0.3 is 10.1 Å². The van der Waals surface area contributed by atoms with Crippen molar-refractivity contribution in [3.63, 3.8) is 0 Å². The number of rotatable bonds is 5. The summed E-state index contributed by atoms with van der Waals surface area (Å²) >= 11 is 0. The van der Waals surface area contributed by atoms with Crippen LogP contribution in [0.25, 0.3) is 0 Å². The van der Waals surface area contributed by atoms with Gasteiger partial charge in [0.15, 0.2) is 0 Å². The molecule has 1 aliphatic rings. The number of anilines is 2. The normalized spacial score (nSPS) is 16.7. The van der Waals surface area contributed by atoms with E-state index in [0.717, 1.165) is 17.3 Å². The maximum Gasteiger partial charge on any atom is 0.411 e. The van der Waals surface area contributed by atoms with Gasteiger partial charge in [0, 0.05) is 17.4 Å². The molecule has 20 heavy (non-hydrogen) atoms. The minimum absolute atomic E-state index is 0.379. The average molecular weight is 276 g/mol. The lowest BCUT2D eigenvalue weighted by Gasteiger charge is -2.21. The highest BCUT2D eigenvalue weighted by atomic mass is 16.5. The van der Waals surface area contributed by atoms with E-state index < -0.39 is 6.09 Å². The third kappa shape index (κ3) is 4.15. The molecule has 1 aliphatic carbocycles. The van der Waals surface area contributed by atoms with Crippen molar-refractivity contribution >= 4 is 17.5 Å². The van der Waals surface area contributed by atoms with Crippen LogP contribution in [-0.4, -0.2) is 18.7 Å². The van der Waals surface area contributed by atoms with Gasteiger partial charge in [-0.25, -0.2) is 4.79 Å². The van der Waals surface area contributed by atoms with Crippen molar-refractivity contribution in [3.05, 3.63) is 24.3 Å². The van der Waals surface area contributed by atoms with E-state index in [0.29, 0.717) is 12.6 Å². The molecule has 0 bridgehead atoms. The second-order valence-electron chi connectivity index (χ2n) is 5.40. The Morgan fingerprint density at radius 2 is 1.85 bits per heavy atom. The van der Waals surface area contributed by atoms with E-state index in [1.54, 1.807) is 6.92 Å². The molecule has 1 saturated carbocycles. The van der Waals surface area contributed by atoms with E-state index in [1.165, 1.54) is 25.7 Å². The SMILES string of the molecule is CCOC(=O)Nc1ccc(NC(C)C2CCCC2)cc1. The van der Waals surface area contributed by atoms with Crippen LogP contribution in [0.4, 0.5) is 16.2 Å². The fourth-order valence-electron chi connectivity index (χ4n) is 2.77. The van der Waals surface area contributed by atoms with Gasteiger partial charge in [0.1, 0.15) is 0 Å². The second-order valence-corrected chi connectivity index (χ2v) is 5.40. The van der Waals surface area contributed by atoms with Crippen molar-refractivity contribution in [1.29, 1.82) is 0 Å². The predicted molar refractivity (Wildman–Crippen MR) is 82.1 cm³/mol. The molecule has 0 heterocycles. The number of hydrogen-bond donors (Lipinski definition) is 2. The number of carbonyl (C=O) groups is 1. The maximum atomic E-state index is 11.3. The first-order chi connectivity index (χ1) is 9.69. The summed E-state index contributed by atoms with van der Waals surface area (Å²) in [6, 6.07) is 8.27. The average Bonchev–Trinajstić information content (AvgIpc) is 2.95. The first kappa shape index (κ1) is 14.7. The first-order valence-corrected chi connectivity index (χ1v) is 7.49. The summed E-state index contributed by atoms with van der Waals surface area (Å²) in [5, 5.41) is 6.24. The van der Waals surface area contributed by atoms with Gasteiger partial charge in [0.25, 0.3) is 0 Å². The van der Waals surface area contributed by atoms with Crippen LogP contribution in [-0.2, 0) is 4.74 Å². The molecule has 4 nitrogen and oxygen atoms in total. The molecule has 0 aromatic heterocycles. The second kappa shape index (κ2) is 7.17. The Kier molecular flexibility index (Phi) is 5.27. The number of amides is 1. The summed E-state index contributed by atoms with van der Waals surface area (Å²) < 4.78 is 4.84.